The van der Waals surface area contributed by atoms with Crippen LogP contribution in [0, 0.1) is 0 Å². The summed E-state index contributed by atoms with van der Waals surface area (Å²) in [6.45, 7) is 3.11. The Morgan fingerprint density at radius 2 is 1.33 bits per heavy atom. The van der Waals surface area contributed by atoms with E-state index in [1.54, 1.807) is 26.2 Å². The van der Waals surface area contributed by atoms with E-state index in [0.29, 0.717) is 58.7 Å². The highest BCUT2D eigenvalue weighted by Gasteiger charge is 2.20. The third-order valence-electron chi connectivity index (χ3n) is 2.85. The molecule has 0 heterocycles. The zero-order valence-corrected chi connectivity index (χ0v) is 13.4. The standard InChI is InChI=1S/C14H28N2O5/c1-19-10-4-7-15-13(17)14(18)16(8-5-11-20-2)9-6-12-21-3/h4-12H2,1-3H3,(H,15,17). The van der Waals surface area contributed by atoms with Crippen LogP contribution in [0.4, 0.5) is 0 Å². The Morgan fingerprint density at radius 1 is 0.857 bits per heavy atom. The summed E-state index contributed by atoms with van der Waals surface area (Å²) < 4.78 is 14.8. The molecule has 21 heavy (non-hydrogen) atoms. The normalized spacial score (nSPS) is 10.4. The molecule has 0 rings (SSSR count). The Kier molecular flexibility index (Phi) is 13.0. The molecule has 2 amide bonds. The Bertz CT molecular complexity index is 277. The van der Waals surface area contributed by atoms with E-state index in [1.807, 2.05) is 0 Å². The zero-order valence-electron chi connectivity index (χ0n) is 13.4. The summed E-state index contributed by atoms with van der Waals surface area (Å²) in [6.07, 6.45) is 2.08. The quantitative estimate of drug-likeness (QED) is 0.407. The van der Waals surface area contributed by atoms with Crippen molar-refractivity contribution < 1.29 is 23.8 Å². The highest BCUT2D eigenvalue weighted by Crippen LogP contribution is 1.97. The topological polar surface area (TPSA) is 77.1 Å². The van der Waals surface area contributed by atoms with Crippen LogP contribution in [0.3, 0.4) is 0 Å². The Hall–Kier alpha value is -1.18. The number of carbonyl (C=O) groups is 2. The van der Waals surface area contributed by atoms with Gasteiger partial charge in [0.05, 0.1) is 0 Å². The number of hydrogen-bond acceptors (Lipinski definition) is 5. The molecular formula is C14H28N2O5. The van der Waals surface area contributed by atoms with Crippen molar-refractivity contribution in [3.8, 4) is 0 Å². The molecule has 7 heteroatoms. The lowest BCUT2D eigenvalue weighted by Crippen LogP contribution is -2.44. The summed E-state index contributed by atoms with van der Waals surface area (Å²) in [6, 6.07) is 0. The first-order valence-electron chi connectivity index (χ1n) is 7.21. The van der Waals surface area contributed by atoms with E-state index in [9.17, 15) is 9.59 Å². The van der Waals surface area contributed by atoms with E-state index in [2.05, 4.69) is 5.32 Å². The van der Waals surface area contributed by atoms with Crippen LogP contribution < -0.4 is 5.32 Å². The van der Waals surface area contributed by atoms with E-state index in [4.69, 9.17) is 14.2 Å². The van der Waals surface area contributed by atoms with Crippen LogP contribution in [0.15, 0.2) is 0 Å². The fourth-order valence-corrected chi connectivity index (χ4v) is 1.75. The number of amides is 2. The molecule has 7 nitrogen and oxygen atoms in total. The predicted molar refractivity (Wildman–Crippen MR) is 79.1 cm³/mol. The van der Waals surface area contributed by atoms with Gasteiger partial charge in [0.15, 0.2) is 0 Å². The molecule has 0 aromatic carbocycles. The number of hydrogen-bond donors (Lipinski definition) is 1. The first kappa shape index (κ1) is 19.8. The van der Waals surface area contributed by atoms with Crippen molar-refractivity contribution in [1.29, 1.82) is 0 Å². The summed E-state index contributed by atoms with van der Waals surface area (Å²) in [5, 5.41) is 2.61. The Labute approximate surface area is 126 Å². The molecule has 0 unspecified atom stereocenters. The number of rotatable bonds is 12. The van der Waals surface area contributed by atoms with Crippen molar-refractivity contribution in [2.75, 3.05) is 60.8 Å². The molecule has 0 aliphatic heterocycles. The van der Waals surface area contributed by atoms with Gasteiger partial charge in [-0.2, -0.15) is 0 Å². The van der Waals surface area contributed by atoms with Gasteiger partial charge in [0.25, 0.3) is 0 Å². The molecule has 0 aliphatic rings. The number of nitrogens with zero attached hydrogens (tertiary/aromatic N) is 1. The molecule has 124 valence electrons. The lowest BCUT2D eigenvalue weighted by Gasteiger charge is -2.22. The van der Waals surface area contributed by atoms with Crippen LogP contribution >= 0.6 is 0 Å². The SMILES string of the molecule is COCCCNC(=O)C(=O)N(CCCOC)CCCOC. The fraction of sp³-hybridized carbons (Fsp3) is 0.857. The van der Waals surface area contributed by atoms with Crippen LogP contribution in [0.25, 0.3) is 0 Å². The lowest BCUT2D eigenvalue weighted by atomic mass is 10.3. The molecule has 0 bridgehead atoms. The van der Waals surface area contributed by atoms with Crippen molar-refractivity contribution >= 4 is 11.8 Å². The van der Waals surface area contributed by atoms with E-state index in [1.165, 1.54) is 0 Å². The maximum absolute atomic E-state index is 12.1. The van der Waals surface area contributed by atoms with Crippen molar-refractivity contribution in [2.24, 2.45) is 0 Å². The molecule has 0 fully saturated rings. The van der Waals surface area contributed by atoms with Gasteiger partial charge in [-0.25, -0.2) is 0 Å². The summed E-state index contributed by atoms with van der Waals surface area (Å²) in [5.74, 6) is -1.07. The monoisotopic (exact) mass is 304 g/mol. The van der Waals surface area contributed by atoms with Crippen LogP contribution in [-0.2, 0) is 23.8 Å². The van der Waals surface area contributed by atoms with Crippen molar-refractivity contribution in [1.82, 2.24) is 10.2 Å². The summed E-state index contributed by atoms with van der Waals surface area (Å²) in [5.41, 5.74) is 0. The van der Waals surface area contributed by atoms with Gasteiger partial charge >= 0.3 is 11.8 Å². The molecule has 0 radical (unpaired) electrons. The van der Waals surface area contributed by atoms with Gasteiger partial charge in [0.1, 0.15) is 0 Å². The highest BCUT2D eigenvalue weighted by molar-refractivity contribution is 6.34. The van der Waals surface area contributed by atoms with Crippen molar-refractivity contribution in [3.63, 3.8) is 0 Å². The maximum Gasteiger partial charge on any atom is 0.311 e. The largest absolute Gasteiger partial charge is 0.385 e. The molecule has 0 spiro atoms. The van der Waals surface area contributed by atoms with E-state index in [0.717, 1.165) is 0 Å². The van der Waals surface area contributed by atoms with Crippen LogP contribution in [-0.4, -0.2) is 77.5 Å². The van der Waals surface area contributed by atoms with Crippen molar-refractivity contribution in [3.05, 3.63) is 0 Å². The Balaban J connectivity index is 4.21. The first-order chi connectivity index (χ1) is 10.2. The molecule has 0 aromatic heterocycles. The second kappa shape index (κ2) is 13.8. The van der Waals surface area contributed by atoms with Crippen molar-refractivity contribution in [2.45, 2.75) is 19.3 Å². The summed E-state index contributed by atoms with van der Waals surface area (Å²) in [7, 11) is 4.82. The predicted octanol–water partition coefficient (Wildman–Crippen LogP) is 0.0407. The minimum absolute atomic E-state index is 0.433. The minimum atomic E-state index is -0.569. The smallest absolute Gasteiger partial charge is 0.311 e. The van der Waals surface area contributed by atoms with Gasteiger partial charge in [0, 0.05) is 60.8 Å². The number of methoxy groups -OCH3 is 3. The first-order valence-corrected chi connectivity index (χ1v) is 7.21. The molecule has 0 aliphatic carbocycles. The second-order valence-electron chi connectivity index (χ2n) is 4.59. The third kappa shape index (κ3) is 10.2. The molecule has 0 atom stereocenters. The van der Waals surface area contributed by atoms with Gasteiger partial charge in [-0.3, -0.25) is 9.59 Å². The second-order valence-corrected chi connectivity index (χ2v) is 4.59. The van der Waals surface area contributed by atoms with E-state index in [-0.39, 0.29) is 0 Å². The minimum Gasteiger partial charge on any atom is -0.385 e. The number of nitrogens with one attached hydrogen (secondary N) is 1. The molecule has 0 aromatic rings. The van der Waals surface area contributed by atoms with Gasteiger partial charge in [-0.15, -0.1) is 0 Å². The zero-order chi connectivity index (χ0) is 15.9. The van der Waals surface area contributed by atoms with Gasteiger partial charge in [-0.1, -0.05) is 0 Å². The Morgan fingerprint density at radius 3 is 1.81 bits per heavy atom. The maximum atomic E-state index is 12.1. The van der Waals surface area contributed by atoms with E-state index < -0.39 is 11.8 Å². The van der Waals surface area contributed by atoms with Gasteiger partial charge in [0.2, 0.25) is 0 Å². The number of carbonyl (C=O) groups excluding carboxylic acids is 2. The summed E-state index contributed by atoms with van der Waals surface area (Å²) >= 11 is 0. The van der Waals surface area contributed by atoms with E-state index >= 15 is 0 Å². The van der Waals surface area contributed by atoms with Crippen LogP contribution in [0.5, 0.6) is 0 Å². The molecule has 0 saturated carbocycles. The highest BCUT2D eigenvalue weighted by atomic mass is 16.5. The average molecular weight is 304 g/mol. The van der Waals surface area contributed by atoms with Gasteiger partial charge < -0.3 is 24.4 Å². The van der Waals surface area contributed by atoms with Gasteiger partial charge in [-0.05, 0) is 19.3 Å². The fourth-order valence-electron chi connectivity index (χ4n) is 1.75. The molecule has 0 saturated heterocycles. The number of ether oxygens (including phenoxy) is 3. The average Bonchev–Trinajstić information content (AvgIpc) is 2.49. The molecule has 1 N–H and O–H groups in total. The third-order valence-corrected chi connectivity index (χ3v) is 2.85. The molecular weight excluding hydrogens is 276 g/mol. The summed E-state index contributed by atoms with van der Waals surface area (Å²) in [4.78, 5) is 25.4. The van der Waals surface area contributed by atoms with Crippen LogP contribution in [0.1, 0.15) is 19.3 Å². The lowest BCUT2D eigenvalue weighted by molar-refractivity contribution is -0.146. The van der Waals surface area contributed by atoms with Crippen LogP contribution in [0.2, 0.25) is 0 Å².